The van der Waals surface area contributed by atoms with Crippen LogP contribution in [0.3, 0.4) is 0 Å². The summed E-state index contributed by atoms with van der Waals surface area (Å²) in [5, 5.41) is 14.5. The number of aromatic nitrogens is 2. The molecule has 0 radical (unpaired) electrons. The molecule has 0 unspecified atom stereocenters. The molecule has 7 heteroatoms. The summed E-state index contributed by atoms with van der Waals surface area (Å²) in [4.78, 5) is 11.9. The lowest BCUT2D eigenvalue weighted by atomic mass is 10.2. The normalized spacial score (nSPS) is 10.2. The first-order valence-electron chi connectivity index (χ1n) is 7.95. The largest absolute Gasteiger partial charge is 0.484 e. The molecule has 0 bridgehead atoms. The summed E-state index contributed by atoms with van der Waals surface area (Å²) in [7, 11) is 0. The molecule has 2 N–H and O–H groups in total. The van der Waals surface area contributed by atoms with E-state index in [4.69, 9.17) is 16.3 Å². The average molecular weight is 369 g/mol. The van der Waals surface area contributed by atoms with Gasteiger partial charge in [-0.3, -0.25) is 4.79 Å². The maximum atomic E-state index is 11.9. The number of benzene rings is 2. The van der Waals surface area contributed by atoms with Crippen molar-refractivity contribution in [3.8, 4) is 5.75 Å². The number of aryl methyl sites for hydroxylation is 1. The van der Waals surface area contributed by atoms with Crippen LogP contribution in [0.1, 0.15) is 5.56 Å². The summed E-state index contributed by atoms with van der Waals surface area (Å²) in [5.74, 6) is 1.18. The Bertz CT molecular complexity index is 883. The summed E-state index contributed by atoms with van der Waals surface area (Å²) < 4.78 is 5.38. The average Bonchev–Trinajstić information content (AvgIpc) is 2.65. The lowest BCUT2D eigenvalue weighted by molar-refractivity contribution is -0.118. The van der Waals surface area contributed by atoms with Gasteiger partial charge >= 0.3 is 0 Å². The van der Waals surface area contributed by atoms with Crippen LogP contribution in [0.4, 0.5) is 17.3 Å². The zero-order valence-corrected chi connectivity index (χ0v) is 14.8. The molecular weight excluding hydrogens is 352 g/mol. The van der Waals surface area contributed by atoms with E-state index in [1.165, 1.54) is 0 Å². The van der Waals surface area contributed by atoms with Crippen molar-refractivity contribution >= 4 is 34.8 Å². The van der Waals surface area contributed by atoms with Gasteiger partial charge in [0.15, 0.2) is 18.2 Å². The fourth-order valence-corrected chi connectivity index (χ4v) is 2.30. The molecule has 3 rings (SSSR count). The molecule has 0 aliphatic heterocycles. The van der Waals surface area contributed by atoms with E-state index in [2.05, 4.69) is 20.8 Å². The van der Waals surface area contributed by atoms with Crippen molar-refractivity contribution in [2.75, 3.05) is 17.2 Å². The fraction of sp³-hybridized carbons (Fsp3) is 0.105. The second-order valence-corrected chi connectivity index (χ2v) is 5.97. The van der Waals surface area contributed by atoms with Crippen molar-refractivity contribution in [1.29, 1.82) is 0 Å². The molecule has 1 heterocycles. The van der Waals surface area contributed by atoms with Gasteiger partial charge in [-0.05, 0) is 55.0 Å². The van der Waals surface area contributed by atoms with E-state index < -0.39 is 0 Å². The highest BCUT2D eigenvalue weighted by Gasteiger charge is 2.06. The van der Waals surface area contributed by atoms with Crippen molar-refractivity contribution in [2.24, 2.45) is 0 Å². The van der Waals surface area contributed by atoms with Crippen LogP contribution in [0.2, 0.25) is 5.02 Å². The van der Waals surface area contributed by atoms with Crippen LogP contribution in [-0.4, -0.2) is 22.7 Å². The number of rotatable bonds is 6. The smallest absolute Gasteiger partial charge is 0.263 e. The number of amides is 1. The number of ether oxygens (including phenoxy) is 1. The zero-order valence-electron chi connectivity index (χ0n) is 14.1. The number of hydrogen-bond donors (Lipinski definition) is 2. The highest BCUT2D eigenvalue weighted by Crippen LogP contribution is 2.19. The fourth-order valence-electron chi connectivity index (χ4n) is 2.18. The molecule has 0 spiro atoms. The van der Waals surface area contributed by atoms with Crippen LogP contribution in [0.25, 0.3) is 0 Å². The minimum atomic E-state index is -0.325. The highest BCUT2D eigenvalue weighted by molar-refractivity contribution is 6.30. The maximum absolute atomic E-state index is 11.9. The number of carbonyl (C=O) groups excluding carboxylic acids is 1. The van der Waals surface area contributed by atoms with Crippen molar-refractivity contribution in [3.05, 3.63) is 71.2 Å². The van der Waals surface area contributed by atoms with Crippen LogP contribution in [-0.2, 0) is 4.79 Å². The number of halogens is 1. The highest BCUT2D eigenvalue weighted by atomic mass is 35.5. The molecule has 0 saturated heterocycles. The molecule has 0 fully saturated rings. The summed E-state index contributed by atoms with van der Waals surface area (Å²) >= 11 is 5.80. The molecule has 1 amide bonds. The first-order valence-corrected chi connectivity index (χ1v) is 8.32. The lowest BCUT2D eigenvalue weighted by Crippen LogP contribution is -2.21. The van der Waals surface area contributed by atoms with E-state index in [9.17, 15) is 4.79 Å². The summed E-state index contributed by atoms with van der Waals surface area (Å²) in [6.07, 6.45) is 0. The number of anilines is 3. The monoisotopic (exact) mass is 368 g/mol. The molecule has 2 aromatic carbocycles. The number of nitrogens with zero attached hydrogens (tertiary/aromatic N) is 2. The molecule has 1 aromatic heterocycles. The lowest BCUT2D eigenvalue weighted by Gasteiger charge is -2.09. The molecular formula is C19H17ClN4O2. The first kappa shape index (κ1) is 17.7. The second-order valence-electron chi connectivity index (χ2n) is 5.53. The van der Waals surface area contributed by atoms with Crippen LogP contribution in [0.5, 0.6) is 5.75 Å². The van der Waals surface area contributed by atoms with Crippen molar-refractivity contribution < 1.29 is 9.53 Å². The first-order chi connectivity index (χ1) is 12.6. The summed E-state index contributed by atoms with van der Waals surface area (Å²) in [6.45, 7) is 1.87. The van der Waals surface area contributed by atoms with Crippen LogP contribution < -0.4 is 15.4 Å². The molecule has 0 saturated carbocycles. The molecule has 26 heavy (non-hydrogen) atoms. The molecule has 0 aliphatic rings. The summed E-state index contributed by atoms with van der Waals surface area (Å²) in [6, 6.07) is 18.1. The van der Waals surface area contributed by atoms with E-state index in [0.29, 0.717) is 22.4 Å². The van der Waals surface area contributed by atoms with Gasteiger partial charge in [0.1, 0.15) is 5.75 Å². The number of para-hydroxylation sites is 1. The standard InChI is InChI=1S/C19H17ClN4O2/c1-13-4-2-3-5-16(13)21-17-10-11-18(24-23-17)22-19(25)12-26-15-8-6-14(20)7-9-15/h2-11H,12H2,1H3,(H,21,23)(H,22,24,25). The number of carbonyl (C=O) groups is 1. The Kier molecular flexibility index (Phi) is 5.66. The van der Waals surface area contributed by atoms with Crippen molar-refractivity contribution in [3.63, 3.8) is 0 Å². The van der Waals surface area contributed by atoms with E-state index in [1.54, 1.807) is 36.4 Å². The Morgan fingerprint density at radius 1 is 1.00 bits per heavy atom. The Balaban J connectivity index is 1.52. The van der Waals surface area contributed by atoms with Crippen molar-refractivity contribution in [1.82, 2.24) is 10.2 Å². The number of nitrogens with one attached hydrogen (secondary N) is 2. The second kappa shape index (κ2) is 8.31. The third-order valence-corrected chi connectivity index (χ3v) is 3.78. The van der Waals surface area contributed by atoms with Gasteiger partial charge in [-0.25, -0.2) is 0 Å². The van der Waals surface area contributed by atoms with Gasteiger partial charge in [-0.2, -0.15) is 0 Å². The van der Waals surface area contributed by atoms with Gasteiger partial charge in [0.05, 0.1) is 0 Å². The Morgan fingerprint density at radius 3 is 2.38 bits per heavy atom. The quantitative estimate of drug-likeness (QED) is 0.682. The summed E-state index contributed by atoms with van der Waals surface area (Å²) in [5.41, 5.74) is 2.06. The SMILES string of the molecule is Cc1ccccc1Nc1ccc(NC(=O)COc2ccc(Cl)cc2)nn1. The van der Waals surface area contributed by atoms with Gasteiger partial charge in [-0.15, -0.1) is 10.2 Å². The number of hydrogen-bond acceptors (Lipinski definition) is 5. The Labute approximate surface area is 156 Å². The Hall–Kier alpha value is -3.12. The topological polar surface area (TPSA) is 76.1 Å². The molecule has 3 aromatic rings. The van der Waals surface area contributed by atoms with E-state index in [1.807, 2.05) is 31.2 Å². The van der Waals surface area contributed by atoms with Gasteiger partial charge in [-0.1, -0.05) is 29.8 Å². The molecule has 6 nitrogen and oxygen atoms in total. The third-order valence-electron chi connectivity index (χ3n) is 3.52. The van der Waals surface area contributed by atoms with Crippen LogP contribution in [0.15, 0.2) is 60.7 Å². The van der Waals surface area contributed by atoms with Gasteiger partial charge in [0.2, 0.25) is 0 Å². The predicted octanol–water partition coefficient (Wildman–Crippen LogP) is 4.20. The molecule has 132 valence electrons. The minimum absolute atomic E-state index is 0.132. The Morgan fingerprint density at radius 2 is 1.69 bits per heavy atom. The minimum Gasteiger partial charge on any atom is -0.484 e. The van der Waals surface area contributed by atoms with Gasteiger partial charge in [0, 0.05) is 10.7 Å². The van der Waals surface area contributed by atoms with Crippen LogP contribution >= 0.6 is 11.6 Å². The van der Waals surface area contributed by atoms with E-state index >= 15 is 0 Å². The predicted molar refractivity (Wildman–Crippen MR) is 102 cm³/mol. The maximum Gasteiger partial charge on any atom is 0.263 e. The van der Waals surface area contributed by atoms with E-state index in [-0.39, 0.29) is 12.5 Å². The molecule has 0 atom stereocenters. The van der Waals surface area contributed by atoms with E-state index in [0.717, 1.165) is 11.3 Å². The van der Waals surface area contributed by atoms with Gasteiger partial charge < -0.3 is 15.4 Å². The van der Waals surface area contributed by atoms with Gasteiger partial charge in [0.25, 0.3) is 5.91 Å². The zero-order chi connectivity index (χ0) is 18.4. The molecule has 0 aliphatic carbocycles. The van der Waals surface area contributed by atoms with Crippen LogP contribution in [0, 0.1) is 6.92 Å². The third kappa shape index (κ3) is 4.94. The van der Waals surface area contributed by atoms with Crippen molar-refractivity contribution in [2.45, 2.75) is 6.92 Å².